The van der Waals surface area contributed by atoms with Gasteiger partial charge in [-0.1, -0.05) is 0 Å². The maximum absolute atomic E-state index is 12.4. The average Bonchev–Trinajstić information content (AvgIpc) is 2.93. The average molecular weight is 331 g/mol. The molecule has 2 N–H and O–H groups in total. The fraction of sp³-hybridized carbons (Fsp3) is 0.312. The summed E-state index contributed by atoms with van der Waals surface area (Å²) in [5.74, 6) is -0.600. The van der Waals surface area contributed by atoms with Gasteiger partial charge in [0, 0.05) is 17.3 Å². The van der Waals surface area contributed by atoms with Crippen molar-refractivity contribution >= 4 is 28.2 Å². The molecule has 0 radical (unpaired) electrons. The maximum atomic E-state index is 12.4. The molecular formula is C16H17N3O3S. The van der Waals surface area contributed by atoms with E-state index in [0.717, 1.165) is 31.2 Å². The first-order valence-electron chi connectivity index (χ1n) is 7.40. The van der Waals surface area contributed by atoms with Gasteiger partial charge >= 0.3 is 0 Å². The molecular weight excluding hydrogens is 314 g/mol. The standard InChI is InChI=1S/C16H17N3O3S/c1-22-19-15(21)13-11-6-2-3-7-12(11)23-16(13)18-14(20)10-5-4-8-17-9-10/h4-5,8-9H,2-3,6-7H2,1H3,(H,18,20)(H,19,21). The minimum atomic E-state index is -0.326. The zero-order valence-electron chi connectivity index (χ0n) is 12.7. The summed E-state index contributed by atoms with van der Waals surface area (Å²) in [6.45, 7) is 0. The number of nitrogens with zero attached hydrogens (tertiary/aromatic N) is 1. The number of carbonyl (C=O) groups excluding carboxylic acids is 2. The number of nitrogens with one attached hydrogen (secondary N) is 2. The van der Waals surface area contributed by atoms with Gasteiger partial charge in [0.1, 0.15) is 5.00 Å². The Morgan fingerprint density at radius 2 is 2.09 bits per heavy atom. The van der Waals surface area contributed by atoms with E-state index in [-0.39, 0.29) is 11.8 Å². The van der Waals surface area contributed by atoms with Crippen molar-refractivity contribution in [2.24, 2.45) is 0 Å². The third kappa shape index (κ3) is 3.25. The molecule has 0 unspecified atom stereocenters. The van der Waals surface area contributed by atoms with E-state index in [2.05, 4.69) is 15.8 Å². The van der Waals surface area contributed by atoms with E-state index in [1.165, 1.54) is 29.5 Å². The number of aryl methyl sites for hydroxylation is 1. The fourth-order valence-electron chi connectivity index (χ4n) is 2.71. The first-order chi connectivity index (χ1) is 11.2. The number of hydrogen-bond acceptors (Lipinski definition) is 5. The minimum absolute atomic E-state index is 0.275. The van der Waals surface area contributed by atoms with Crippen molar-refractivity contribution in [3.05, 3.63) is 46.1 Å². The van der Waals surface area contributed by atoms with Crippen molar-refractivity contribution in [2.45, 2.75) is 25.7 Å². The fourth-order valence-corrected chi connectivity index (χ4v) is 3.99. The van der Waals surface area contributed by atoms with Crippen LogP contribution in [-0.2, 0) is 17.7 Å². The lowest BCUT2D eigenvalue weighted by Gasteiger charge is -2.12. The molecule has 1 aliphatic rings. The number of anilines is 1. The van der Waals surface area contributed by atoms with E-state index in [4.69, 9.17) is 4.84 Å². The predicted octanol–water partition coefficient (Wildman–Crippen LogP) is 2.57. The summed E-state index contributed by atoms with van der Waals surface area (Å²) in [4.78, 5) is 34.5. The van der Waals surface area contributed by atoms with Crippen LogP contribution in [0.25, 0.3) is 0 Å². The van der Waals surface area contributed by atoms with Crippen molar-refractivity contribution in [1.29, 1.82) is 0 Å². The molecule has 2 aromatic rings. The van der Waals surface area contributed by atoms with Gasteiger partial charge in [0.25, 0.3) is 11.8 Å². The van der Waals surface area contributed by atoms with Crippen LogP contribution in [-0.4, -0.2) is 23.9 Å². The quantitative estimate of drug-likeness (QED) is 0.844. The molecule has 0 saturated carbocycles. The smallest absolute Gasteiger partial charge is 0.278 e. The number of fused-ring (bicyclic) bond motifs is 1. The van der Waals surface area contributed by atoms with Crippen LogP contribution in [0.4, 0.5) is 5.00 Å². The molecule has 2 heterocycles. The Morgan fingerprint density at radius 1 is 1.26 bits per heavy atom. The van der Waals surface area contributed by atoms with Crippen LogP contribution in [0.5, 0.6) is 0 Å². The number of aromatic nitrogens is 1. The Morgan fingerprint density at radius 3 is 2.83 bits per heavy atom. The lowest BCUT2D eigenvalue weighted by molar-refractivity contribution is 0.0538. The Labute approximate surface area is 137 Å². The topological polar surface area (TPSA) is 80.3 Å². The third-order valence-electron chi connectivity index (χ3n) is 3.74. The lowest BCUT2D eigenvalue weighted by Crippen LogP contribution is -2.24. The second kappa shape index (κ2) is 6.89. The Kier molecular flexibility index (Phi) is 4.68. The van der Waals surface area contributed by atoms with Crippen LogP contribution < -0.4 is 10.8 Å². The lowest BCUT2D eigenvalue weighted by atomic mass is 9.95. The monoisotopic (exact) mass is 331 g/mol. The van der Waals surface area contributed by atoms with Crippen molar-refractivity contribution in [3.63, 3.8) is 0 Å². The van der Waals surface area contributed by atoms with Gasteiger partial charge in [-0.15, -0.1) is 11.3 Å². The first kappa shape index (κ1) is 15.6. The zero-order valence-corrected chi connectivity index (χ0v) is 13.5. The Bertz CT molecular complexity index is 728. The SMILES string of the molecule is CONC(=O)c1c(NC(=O)c2cccnc2)sc2c1CCCC2. The van der Waals surface area contributed by atoms with Crippen LogP contribution in [0.3, 0.4) is 0 Å². The summed E-state index contributed by atoms with van der Waals surface area (Å²) in [6, 6.07) is 3.39. The normalized spacial score (nSPS) is 13.3. The van der Waals surface area contributed by atoms with Crippen molar-refractivity contribution in [1.82, 2.24) is 10.5 Å². The maximum Gasteiger partial charge on any atom is 0.278 e. The molecule has 6 nitrogen and oxygen atoms in total. The zero-order chi connectivity index (χ0) is 16.2. The highest BCUT2D eigenvalue weighted by Crippen LogP contribution is 2.38. The van der Waals surface area contributed by atoms with Gasteiger partial charge in [-0.25, -0.2) is 5.48 Å². The summed E-state index contributed by atoms with van der Waals surface area (Å²) < 4.78 is 0. The van der Waals surface area contributed by atoms with Gasteiger partial charge in [0.15, 0.2) is 0 Å². The molecule has 120 valence electrons. The molecule has 2 amide bonds. The summed E-state index contributed by atoms with van der Waals surface area (Å²) in [5.41, 5.74) is 4.35. The van der Waals surface area contributed by atoms with Crippen LogP contribution >= 0.6 is 11.3 Å². The van der Waals surface area contributed by atoms with E-state index in [0.29, 0.717) is 16.1 Å². The Balaban J connectivity index is 1.93. The molecule has 0 spiro atoms. The molecule has 1 aliphatic carbocycles. The van der Waals surface area contributed by atoms with Crippen LogP contribution in [0.2, 0.25) is 0 Å². The number of pyridine rings is 1. The largest absolute Gasteiger partial charge is 0.313 e. The molecule has 0 saturated heterocycles. The highest BCUT2D eigenvalue weighted by molar-refractivity contribution is 7.17. The molecule has 0 aromatic carbocycles. The van der Waals surface area contributed by atoms with Gasteiger partial charge in [-0.3, -0.25) is 19.4 Å². The van der Waals surface area contributed by atoms with E-state index >= 15 is 0 Å². The molecule has 2 aromatic heterocycles. The molecule has 7 heteroatoms. The number of rotatable bonds is 4. The van der Waals surface area contributed by atoms with Gasteiger partial charge in [-0.05, 0) is 43.4 Å². The number of thiophene rings is 1. The molecule has 0 fully saturated rings. The van der Waals surface area contributed by atoms with Crippen LogP contribution in [0.15, 0.2) is 24.5 Å². The van der Waals surface area contributed by atoms with Gasteiger partial charge < -0.3 is 5.32 Å². The predicted molar refractivity (Wildman–Crippen MR) is 87.6 cm³/mol. The van der Waals surface area contributed by atoms with Crippen molar-refractivity contribution < 1.29 is 14.4 Å². The summed E-state index contributed by atoms with van der Waals surface area (Å²) in [7, 11) is 1.39. The number of carbonyl (C=O) groups is 2. The van der Waals surface area contributed by atoms with Gasteiger partial charge in [0.2, 0.25) is 0 Å². The molecule has 23 heavy (non-hydrogen) atoms. The summed E-state index contributed by atoms with van der Waals surface area (Å²) in [6.07, 6.45) is 7.05. The third-order valence-corrected chi connectivity index (χ3v) is 4.95. The van der Waals surface area contributed by atoms with Crippen LogP contribution in [0.1, 0.15) is 44.0 Å². The van der Waals surface area contributed by atoms with E-state index in [9.17, 15) is 9.59 Å². The molecule has 0 bridgehead atoms. The van der Waals surface area contributed by atoms with Gasteiger partial charge in [0.05, 0.1) is 18.2 Å². The number of amides is 2. The van der Waals surface area contributed by atoms with E-state index in [1.54, 1.807) is 18.3 Å². The van der Waals surface area contributed by atoms with Crippen molar-refractivity contribution in [3.8, 4) is 0 Å². The van der Waals surface area contributed by atoms with E-state index in [1.807, 2.05) is 0 Å². The second-order valence-corrected chi connectivity index (χ2v) is 6.35. The minimum Gasteiger partial charge on any atom is -0.313 e. The number of hydrogen-bond donors (Lipinski definition) is 2. The van der Waals surface area contributed by atoms with Crippen LogP contribution in [0, 0.1) is 0 Å². The second-order valence-electron chi connectivity index (χ2n) is 5.25. The first-order valence-corrected chi connectivity index (χ1v) is 8.21. The summed E-state index contributed by atoms with van der Waals surface area (Å²) >= 11 is 1.47. The van der Waals surface area contributed by atoms with Crippen molar-refractivity contribution in [2.75, 3.05) is 12.4 Å². The molecule has 3 rings (SSSR count). The Hall–Kier alpha value is -2.25. The molecule has 0 aliphatic heterocycles. The molecule has 0 atom stereocenters. The van der Waals surface area contributed by atoms with Gasteiger partial charge in [-0.2, -0.15) is 0 Å². The van der Waals surface area contributed by atoms with E-state index < -0.39 is 0 Å². The highest BCUT2D eigenvalue weighted by atomic mass is 32.1. The highest BCUT2D eigenvalue weighted by Gasteiger charge is 2.26. The number of hydroxylamine groups is 1. The summed E-state index contributed by atoms with van der Waals surface area (Å²) in [5, 5.41) is 3.42.